The maximum atomic E-state index is 13.1. The number of rotatable bonds is 3. The molecule has 3 rings (SSSR count). The molecule has 0 atom stereocenters. The van der Waals surface area contributed by atoms with Gasteiger partial charge in [-0.05, 0) is 30.7 Å². The Hall–Kier alpha value is -2.98. The van der Waals surface area contributed by atoms with E-state index in [1.54, 1.807) is 0 Å². The van der Waals surface area contributed by atoms with Crippen LogP contribution in [0.25, 0.3) is 10.9 Å². The standard InChI is InChI=1S/C16H12F6N4O/c1-9-4-11-5-10(2-3-13(11)26(9)16(20,21)22)6-23-14(27)12-7-24-25(8-12)15(17,18)19/h2-5,7-8H,6H2,1H3,(H,23,27). The molecule has 0 aliphatic rings. The lowest BCUT2D eigenvalue weighted by atomic mass is 10.1. The summed E-state index contributed by atoms with van der Waals surface area (Å²) in [7, 11) is 0. The highest BCUT2D eigenvalue weighted by atomic mass is 19.4. The van der Waals surface area contributed by atoms with E-state index in [0.717, 1.165) is 6.20 Å². The number of fused-ring (bicyclic) bond motifs is 1. The van der Waals surface area contributed by atoms with Crippen molar-refractivity contribution < 1.29 is 31.1 Å². The highest BCUT2D eigenvalue weighted by molar-refractivity contribution is 5.93. The second-order valence-electron chi connectivity index (χ2n) is 5.81. The van der Waals surface area contributed by atoms with Gasteiger partial charge < -0.3 is 5.32 Å². The summed E-state index contributed by atoms with van der Waals surface area (Å²) in [5, 5.41) is 5.80. The molecule has 0 spiro atoms. The van der Waals surface area contributed by atoms with Crippen molar-refractivity contribution >= 4 is 16.8 Å². The van der Waals surface area contributed by atoms with E-state index in [2.05, 4.69) is 10.4 Å². The zero-order valence-electron chi connectivity index (χ0n) is 13.7. The van der Waals surface area contributed by atoms with Crippen LogP contribution >= 0.6 is 0 Å². The number of aromatic nitrogens is 3. The number of hydrogen-bond acceptors (Lipinski definition) is 2. The van der Waals surface area contributed by atoms with Crippen LogP contribution in [-0.4, -0.2) is 20.3 Å². The van der Waals surface area contributed by atoms with Crippen LogP contribution in [0.2, 0.25) is 0 Å². The summed E-state index contributed by atoms with van der Waals surface area (Å²) in [6.45, 7) is 1.26. The van der Waals surface area contributed by atoms with Crippen LogP contribution < -0.4 is 5.32 Å². The number of alkyl halides is 6. The van der Waals surface area contributed by atoms with Crippen molar-refractivity contribution in [2.75, 3.05) is 0 Å². The van der Waals surface area contributed by atoms with Crippen LogP contribution in [0.5, 0.6) is 0 Å². The zero-order valence-corrected chi connectivity index (χ0v) is 13.7. The average Bonchev–Trinajstić information content (AvgIpc) is 3.14. The van der Waals surface area contributed by atoms with Crippen molar-refractivity contribution in [2.45, 2.75) is 26.1 Å². The molecule has 11 heteroatoms. The Balaban J connectivity index is 1.76. The monoisotopic (exact) mass is 390 g/mol. The lowest BCUT2D eigenvalue weighted by Crippen LogP contribution is -2.23. The SMILES string of the molecule is Cc1cc2cc(CNC(=O)c3cnn(C(F)(F)F)c3)ccc2n1C(F)(F)F. The first-order valence-corrected chi connectivity index (χ1v) is 7.55. The van der Waals surface area contributed by atoms with Gasteiger partial charge in [-0.1, -0.05) is 6.07 Å². The van der Waals surface area contributed by atoms with Crippen molar-refractivity contribution in [3.05, 3.63) is 53.5 Å². The van der Waals surface area contributed by atoms with Crippen LogP contribution in [0.3, 0.4) is 0 Å². The van der Waals surface area contributed by atoms with E-state index in [4.69, 9.17) is 0 Å². The molecular formula is C16H12F6N4O. The summed E-state index contributed by atoms with van der Waals surface area (Å²) >= 11 is 0. The van der Waals surface area contributed by atoms with Gasteiger partial charge in [-0.15, -0.1) is 26.3 Å². The van der Waals surface area contributed by atoms with E-state index in [1.165, 1.54) is 31.2 Å². The topological polar surface area (TPSA) is 51.9 Å². The summed E-state index contributed by atoms with van der Waals surface area (Å²) in [4.78, 5) is 11.9. The first-order chi connectivity index (χ1) is 12.5. The fraction of sp³-hybridized carbons (Fsp3) is 0.250. The lowest BCUT2D eigenvalue weighted by Gasteiger charge is -2.12. The molecule has 1 amide bonds. The summed E-state index contributed by atoms with van der Waals surface area (Å²) in [6.07, 6.45) is -7.96. The molecule has 144 valence electrons. The number of aryl methyl sites for hydroxylation is 1. The van der Waals surface area contributed by atoms with Crippen molar-refractivity contribution in [1.29, 1.82) is 0 Å². The summed E-state index contributed by atoms with van der Waals surface area (Å²) in [5.41, 5.74) is 0.200. The van der Waals surface area contributed by atoms with Crippen molar-refractivity contribution in [3.8, 4) is 0 Å². The Morgan fingerprint density at radius 1 is 1.11 bits per heavy atom. The first kappa shape index (κ1) is 18.8. The number of nitrogens with one attached hydrogen (secondary N) is 1. The van der Waals surface area contributed by atoms with E-state index >= 15 is 0 Å². The van der Waals surface area contributed by atoms with Crippen LogP contribution in [-0.2, 0) is 19.1 Å². The third kappa shape index (κ3) is 3.76. The van der Waals surface area contributed by atoms with Gasteiger partial charge in [0.05, 0.1) is 17.3 Å². The highest BCUT2D eigenvalue weighted by Crippen LogP contribution is 2.31. The van der Waals surface area contributed by atoms with Gasteiger partial charge >= 0.3 is 12.6 Å². The quantitative estimate of drug-likeness (QED) is 0.687. The van der Waals surface area contributed by atoms with Gasteiger partial charge in [-0.2, -0.15) is 9.78 Å². The largest absolute Gasteiger partial charge is 0.504 e. The number of carbonyl (C=O) groups excluding carboxylic acids is 1. The number of nitrogens with zero attached hydrogens (tertiary/aromatic N) is 3. The minimum Gasteiger partial charge on any atom is -0.348 e. The molecule has 27 heavy (non-hydrogen) atoms. The molecule has 5 nitrogen and oxygen atoms in total. The third-order valence-electron chi connectivity index (χ3n) is 3.86. The predicted octanol–water partition coefficient (Wildman–Crippen LogP) is 4.03. The second-order valence-corrected chi connectivity index (χ2v) is 5.81. The number of benzene rings is 1. The Morgan fingerprint density at radius 2 is 1.81 bits per heavy atom. The third-order valence-corrected chi connectivity index (χ3v) is 3.86. The fourth-order valence-corrected chi connectivity index (χ4v) is 2.71. The summed E-state index contributed by atoms with van der Waals surface area (Å²) in [5.74, 6) is -0.783. The van der Waals surface area contributed by atoms with Crippen molar-refractivity contribution in [2.24, 2.45) is 0 Å². The van der Waals surface area contributed by atoms with Crippen LogP contribution in [0.1, 0.15) is 21.6 Å². The molecule has 0 saturated heterocycles. The van der Waals surface area contributed by atoms with Crippen LogP contribution in [0.4, 0.5) is 26.3 Å². The van der Waals surface area contributed by atoms with E-state index in [-0.39, 0.29) is 32.6 Å². The molecule has 1 aromatic carbocycles. The molecule has 0 aliphatic carbocycles. The first-order valence-electron chi connectivity index (χ1n) is 7.55. The molecule has 2 heterocycles. The lowest BCUT2D eigenvalue weighted by molar-refractivity contribution is -0.212. The van der Waals surface area contributed by atoms with E-state index < -0.39 is 18.5 Å². The van der Waals surface area contributed by atoms with Gasteiger partial charge in [-0.25, -0.2) is 0 Å². The molecule has 0 radical (unpaired) electrons. The van der Waals surface area contributed by atoms with Gasteiger partial charge in [0.1, 0.15) is 0 Å². The minimum atomic E-state index is -4.73. The molecule has 0 aliphatic heterocycles. The Labute approximate surface area is 148 Å². The molecule has 0 unspecified atom stereocenters. The summed E-state index contributed by atoms with van der Waals surface area (Å²) < 4.78 is 76.5. The van der Waals surface area contributed by atoms with E-state index in [0.29, 0.717) is 17.1 Å². The molecule has 1 N–H and O–H groups in total. The molecule has 0 saturated carbocycles. The maximum absolute atomic E-state index is 13.1. The number of amides is 1. The predicted molar refractivity (Wildman–Crippen MR) is 82.7 cm³/mol. The number of halogens is 6. The molecule has 3 aromatic rings. The van der Waals surface area contributed by atoms with Gasteiger partial charge in [0, 0.05) is 23.8 Å². The van der Waals surface area contributed by atoms with Crippen molar-refractivity contribution in [3.63, 3.8) is 0 Å². The average molecular weight is 390 g/mol. The second kappa shape index (κ2) is 6.32. The normalized spacial score (nSPS) is 12.6. The molecule has 0 fully saturated rings. The Kier molecular flexibility index (Phi) is 4.40. The maximum Gasteiger partial charge on any atom is 0.504 e. The van der Waals surface area contributed by atoms with Crippen molar-refractivity contribution in [1.82, 2.24) is 19.7 Å². The molecule has 0 bridgehead atoms. The van der Waals surface area contributed by atoms with Gasteiger partial charge in [0.25, 0.3) is 5.91 Å². The number of hydrogen-bond donors (Lipinski definition) is 1. The Morgan fingerprint density at radius 3 is 2.41 bits per heavy atom. The van der Waals surface area contributed by atoms with E-state index in [1.807, 2.05) is 0 Å². The fourth-order valence-electron chi connectivity index (χ4n) is 2.71. The van der Waals surface area contributed by atoms with Gasteiger partial charge in [-0.3, -0.25) is 9.36 Å². The molecule has 2 aromatic heterocycles. The smallest absolute Gasteiger partial charge is 0.348 e. The zero-order chi connectivity index (χ0) is 20.0. The van der Waals surface area contributed by atoms with E-state index in [9.17, 15) is 31.1 Å². The summed E-state index contributed by atoms with van der Waals surface area (Å²) in [6, 6.07) is 5.52. The number of carbonyl (C=O) groups is 1. The van der Waals surface area contributed by atoms with Crippen LogP contribution in [0.15, 0.2) is 36.7 Å². The van der Waals surface area contributed by atoms with Gasteiger partial charge in [0.15, 0.2) is 0 Å². The minimum absolute atomic E-state index is 0.0123. The highest BCUT2D eigenvalue weighted by Gasteiger charge is 2.33. The molecular weight excluding hydrogens is 378 g/mol. The van der Waals surface area contributed by atoms with Crippen LogP contribution in [0, 0.1) is 6.92 Å². The van der Waals surface area contributed by atoms with Gasteiger partial charge in [0.2, 0.25) is 0 Å². The Bertz CT molecular complexity index is 999.